The molecule has 0 radical (unpaired) electrons. The van der Waals surface area contributed by atoms with Gasteiger partial charge in [0.15, 0.2) is 0 Å². The maximum atomic E-state index is 12.4. The molecule has 1 saturated heterocycles. The number of hydrogen-bond acceptors (Lipinski definition) is 5. The number of aromatic nitrogens is 2. The molecule has 0 spiro atoms. The Kier molecular flexibility index (Phi) is 4.65. The first-order chi connectivity index (χ1) is 9.76. The number of nitrogens with zero attached hydrogens (tertiary/aromatic N) is 4. The summed E-state index contributed by atoms with van der Waals surface area (Å²) in [6.07, 6.45) is 3.40. The van der Waals surface area contributed by atoms with Crippen molar-refractivity contribution < 1.29 is 9.90 Å². The molecule has 1 aliphatic heterocycles. The van der Waals surface area contributed by atoms with E-state index in [1.807, 2.05) is 0 Å². The molecular formula is C14H25N5O2. The van der Waals surface area contributed by atoms with Crippen LogP contribution < -0.4 is 5.73 Å². The predicted molar refractivity (Wildman–Crippen MR) is 79.5 cm³/mol. The van der Waals surface area contributed by atoms with Crippen LogP contribution >= 0.6 is 0 Å². The van der Waals surface area contributed by atoms with E-state index in [2.05, 4.69) is 10.00 Å². The molecule has 1 unspecified atom stereocenters. The van der Waals surface area contributed by atoms with Crippen molar-refractivity contribution in [3.63, 3.8) is 0 Å². The number of nitrogens with two attached hydrogens (primary N) is 1. The van der Waals surface area contributed by atoms with Gasteiger partial charge in [-0.25, -0.2) is 0 Å². The lowest BCUT2D eigenvalue weighted by atomic mass is 10.1. The molecule has 1 aliphatic rings. The Labute approximate surface area is 125 Å². The molecule has 0 aliphatic carbocycles. The van der Waals surface area contributed by atoms with E-state index in [0.29, 0.717) is 19.6 Å². The summed E-state index contributed by atoms with van der Waals surface area (Å²) < 4.78 is 1.64. The first-order valence-electron chi connectivity index (χ1n) is 7.24. The fourth-order valence-electron chi connectivity index (χ4n) is 2.61. The molecule has 7 nitrogen and oxygen atoms in total. The van der Waals surface area contributed by atoms with E-state index >= 15 is 0 Å². The Morgan fingerprint density at radius 3 is 2.52 bits per heavy atom. The molecule has 0 aromatic carbocycles. The van der Waals surface area contributed by atoms with Crippen LogP contribution in [0.15, 0.2) is 12.4 Å². The molecule has 1 atom stereocenters. The summed E-state index contributed by atoms with van der Waals surface area (Å²) in [5.41, 5.74) is 6.05. The number of hydrogen-bond donors (Lipinski definition) is 2. The number of aryl methyl sites for hydroxylation is 1. The van der Waals surface area contributed by atoms with E-state index in [1.54, 1.807) is 42.9 Å². The van der Waals surface area contributed by atoms with Crippen molar-refractivity contribution in [2.24, 2.45) is 12.8 Å². The maximum absolute atomic E-state index is 12.4. The lowest BCUT2D eigenvalue weighted by Crippen LogP contribution is -2.53. The van der Waals surface area contributed by atoms with Gasteiger partial charge in [0.1, 0.15) is 6.04 Å². The van der Waals surface area contributed by atoms with Gasteiger partial charge in [-0.2, -0.15) is 5.10 Å². The number of β-amino-alcohol motifs (C(OH)–C–C–N with tert-alkyl or cyclic N) is 1. The fraction of sp³-hybridized carbons (Fsp3) is 0.714. The van der Waals surface area contributed by atoms with Crippen molar-refractivity contribution in [3.8, 4) is 0 Å². The minimum atomic E-state index is -0.710. The first-order valence-corrected chi connectivity index (χ1v) is 7.24. The highest BCUT2D eigenvalue weighted by Gasteiger charge is 2.28. The maximum Gasteiger partial charge on any atom is 0.244 e. The fourth-order valence-corrected chi connectivity index (χ4v) is 2.61. The lowest BCUT2D eigenvalue weighted by molar-refractivity contribution is -0.134. The summed E-state index contributed by atoms with van der Waals surface area (Å²) >= 11 is 0. The molecular weight excluding hydrogens is 270 g/mol. The van der Waals surface area contributed by atoms with E-state index < -0.39 is 11.6 Å². The van der Waals surface area contributed by atoms with E-state index in [1.165, 1.54) is 0 Å². The van der Waals surface area contributed by atoms with Crippen LogP contribution in [0.2, 0.25) is 0 Å². The smallest absolute Gasteiger partial charge is 0.244 e. The van der Waals surface area contributed by atoms with Crippen LogP contribution in [0.25, 0.3) is 0 Å². The van der Waals surface area contributed by atoms with Gasteiger partial charge in [0, 0.05) is 51.5 Å². The molecule has 1 fully saturated rings. The summed E-state index contributed by atoms with van der Waals surface area (Å²) in [5.74, 6) is -0.0640. The zero-order valence-corrected chi connectivity index (χ0v) is 13.0. The molecule has 21 heavy (non-hydrogen) atoms. The van der Waals surface area contributed by atoms with Gasteiger partial charge in [-0.3, -0.25) is 14.4 Å². The summed E-state index contributed by atoms with van der Waals surface area (Å²) in [6, 6.07) is -0.653. The third-order valence-corrected chi connectivity index (χ3v) is 3.64. The highest BCUT2D eigenvalue weighted by atomic mass is 16.3. The van der Waals surface area contributed by atoms with Gasteiger partial charge in [-0.1, -0.05) is 0 Å². The van der Waals surface area contributed by atoms with Crippen molar-refractivity contribution in [1.82, 2.24) is 19.6 Å². The third kappa shape index (κ3) is 4.26. The van der Waals surface area contributed by atoms with Gasteiger partial charge in [-0.05, 0) is 13.8 Å². The monoisotopic (exact) mass is 295 g/mol. The first kappa shape index (κ1) is 15.9. The van der Waals surface area contributed by atoms with Crippen molar-refractivity contribution >= 4 is 5.91 Å². The van der Waals surface area contributed by atoms with E-state index in [9.17, 15) is 9.90 Å². The van der Waals surface area contributed by atoms with E-state index in [-0.39, 0.29) is 5.91 Å². The summed E-state index contributed by atoms with van der Waals surface area (Å²) in [7, 11) is 1.80. The highest BCUT2D eigenvalue weighted by molar-refractivity contribution is 5.83. The minimum absolute atomic E-state index is 0.0640. The second-order valence-electron chi connectivity index (χ2n) is 6.34. The van der Waals surface area contributed by atoms with Gasteiger partial charge in [0.05, 0.1) is 11.8 Å². The third-order valence-electron chi connectivity index (χ3n) is 3.64. The molecule has 0 saturated carbocycles. The van der Waals surface area contributed by atoms with Crippen molar-refractivity contribution in [1.29, 1.82) is 0 Å². The average Bonchev–Trinajstić information content (AvgIpc) is 2.83. The molecule has 2 heterocycles. The van der Waals surface area contributed by atoms with Crippen LogP contribution in [0.5, 0.6) is 0 Å². The van der Waals surface area contributed by atoms with Crippen LogP contribution in [0.4, 0.5) is 0 Å². The zero-order chi connectivity index (χ0) is 15.6. The van der Waals surface area contributed by atoms with Crippen LogP contribution in [-0.2, 0) is 11.8 Å². The van der Waals surface area contributed by atoms with E-state index in [4.69, 9.17) is 5.73 Å². The predicted octanol–water partition coefficient (Wildman–Crippen LogP) is -0.665. The van der Waals surface area contributed by atoms with Crippen molar-refractivity contribution in [2.45, 2.75) is 25.5 Å². The molecule has 118 valence electrons. The Morgan fingerprint density at radius 2 is 2.05 bits per heavy atom. The minimum Gasteiger partial charge on any atom is -0.389 e. The number of rotatable bonds is 4. The number of carbonyl (C=O) groups excluding carboxylic acids is 1. The average molecular weight is 295 g/mol. The standard InChI is InChI=1S/C14H25N5O2/c1-14(2,21)10-18-4-6-19(7-5-18)13(20)12(15)11-8-16-17(3)9-11/h8-9,12,21H,4-7,10,15H2,1-3H3. The van der Waals surface area contributed by atoms with Crippen LogP contribution in [-0.4, -0.2) is 68.9 Å². The Bertz CT molecular complexity index is 486. The van der Waals surface area contributed by atoms with Gasteiger partial charge in [0.2, 0.25) is 5.91 Å². The van der Waals surface area contributed by atoms with Crippen molar-refractivity contribution in [2.75, 3.05) is 32.7 Å². The zero-order valence-electron chi connectivity index (χ0n) is 13.0. The van der Waals surface area contributed by atoms with Gasteiger partial charge in [0.25, 0.3) is 0 Å². The van der Waals surface area contributed by atoms with Crippen LogP contribution in [0.3, 0.4) is 0 Å². The highest BCUT2D eigenvalue weighted by Crippen LogP contribution is 2.15. The molecule has 0 bridgehead atoms. The van der Waals surface area contributed by atoms with Crippen LogP contribution in [0.1, 0.15) is 25.5 Å². The Morgan fingerprint density at radius 1 is 1.43 bits per heavy atom. The second-order valence-corrected chi connectivity index (χ2v) is 6.34. The van der Waals surface area contributed by atoms with Crippen molar-refractivity contribution in [3.05, 3.63) is 18.0 Å². The molecule has 1 amide bonds. The topological polar surface area (TPSA) is 87.6 Å². The Hall–Kier alpha value is -1.44. The van der Waals surface area contributed by atoms with Gasteiger partial charge < -0.3 is 15.7 Å². The normalized spacial score (nSPS) is 18.8. The number of piperazine rings is 1. The molecule has 3 N–H and O–H groups in total. The second kappa shape index (κ2) is 6.13. The summed E-state index contributed by atoms with van der Waals surface area (Å²) in [6.45, 7) is 7.01. The quantitative estimate of drug-likeness (QED) is 0.769. The molecule has 7 heteroatoms. The number of aliphatic hydroxyl groups is 1. The number of amides is 1. The van der Waals surface area contributed by atoms with Gasteiger partial charge in [-0.15, -0.1) is 0 Å². The molecule has 1 aromatic heterocycles. The molecule has 1 aromatic rings. The Balaban J connectivity index is 1.88. The van der Waals surface area contributed by atoms with E-state index in [0.717, 1.165) is 18.7 Å². The van der Waals surface area contributed by atoms with Gasteiger partial charge >= 0.3 is 0 Å². The van der Waals surface area contributed by atoms with Crippen LogP contribution in [0, 0.1) is 0 Å². The summed E-state index contributed by atoms with van der Waals surface area (Å²) in [4.78, 5) is 16.4. The lowest BCUT2D eigenvalue weighted by Gasteiger charge is -2.38. The summed E-state index contributed by atoms with van der Waals surface area (Å²) in [5, 5.41) is 13.9. The number of carbonyl (C=O) groups is 1. The SMILES string of the molecule is Cn1cc(C(N)C(=O)N2CCN(CC(C)(C)O)CC2)cn1. The molecule has 2 rings (SSSR count). The largest absolute Gasteiger partial charge is 0.389 e.